The molecule has 0 radical (unpaired) electrons. The van der Waals surface area contributed by atoms with Gasteiger partial charge in [0, 0.05) is 32.0 Å². The second kappa shape index (κ2) is 5.36. The fourth-order valence-corrected chi connectivity index (χ4v) is 2.51. The maximum Gasteiger partial charge on any atom is 0.223 e. The highest BCUT2D eigenvalue weighted by molar-refractivity contribution is 5.77. The Balaban J connectivity index is 1.87. The van der Waals surface area contributed by atoms with Crippen molar-refractivity contribution in [3.05, 3.63) is 24.2 Å². The molecule has 1 aromatic heterocycles. The van der Waals surface area contributed by atoms with E-state index in [2.05, 4.69) is 6.92 Å². The van der Waals surface area contributed by atoms with Crippen LogP contribution in [0.2, 0.25) is 0 Å². The zero-order valence-corrected chi connectivity index (χ0v) is 10.3. The smallest absolute Gasteiger partial charge is 0.223 e. The van der Waals surface area contributed by atoms with Crippen LogP contribution in [0.25, 0.3) is 0 Å². The van der Waals surface area contributed by atoms with Crippen LogP contribution in [-0.4, -0.2) is 29.9 Å². The van der Waals surface area contributed by atoms with Gasteiger partial charge in [-0.1, -0.05) is 6.92 Å². The Hall–Kier alpha value is -1.29. The lowest BCUT2D eigenvalue weighted by atomic mass is 10.0. The van der Waals surface area contributed by atoms with E-state index in [4.69, 9.17) is 10.2 Å². The quantitative estimate of drug-likeness (QED) is 0.859. The van der Waals surface area contributed by atoms with Crippen molar-refractivity contribution in [2.45, 2.75) is 32.2 Å². The molecular formula is C13H20N2O2. The third-order valence-corrected chi connectivity index (χ3v) is 3.61. The molecule has 0 spiro atoms. The SMILES string of the molecule is CC1CCN(C(=O)CCc2ccco2)C1CN. The Morgan fingerprint density at radius 1 is 1.65 bits per heavy atom. The van der Waals surface area contributed by atoms with E-state index in [0.29, 0.717) is 25.3 Å². The minimum Gasteiger partial charge on any atom is -0.469 e. The summed E-state index contributed by atoms with van der Waals surface area (Å²) in [6, 6.07) is 3.97. The van der Waals surface area contributed by atoms with Gasteiger partial charge in [-0.15, -0.1) is 0 Å². The molecule has 0 aromatic carbocycles. The molecule has 2 rings (SSSR count). The Kier molecular flexibility index (Phi) is 3.84. The first kappa shape index (κ1) is 12.2. The predicted molar refractivity (Wildman–Crippen MR) is 65.4 cm³/mol. The number of hydrogen-bond acceptors (Lipinski definition) is 3. The van der Waals surface area contributed by atoms with Crippen molar-refractivity contribution in [3.8, 4) is 0 Å². The van der Waals surface area contributed by atoms with Gasteiger partial charge in [0.05, 0.1) is 6.26 Å². The molecule has 1 fully saturated rings. The fourth-order valence-electron chi connectivity index (χ4n) is 2.51. The molecule has 4 heteroatoms. The van der Waals surface area contributed by atoms with Crippen LogP contribution >= 0.6 is 0 Å². The topological polar surface area (TPSA) is 59.5 Å². The largest absolute Gasteiger partial charge is 0.469 e. The summed E-state index contributed by atoms with van der Waals surface area (Å²) in [6.45, 7) is 3.57. The number of nitrogens with zero attached hydrogens (tertiary/aromatic N) is 1. The Bertz CT molecular complexity index is 362. The number of nitrogens with two attached hydrogens (primary N) is 1. The molecule has 4 nitrogen and oxygen atoms in total. The van der Waals surface area contributed by atoms with E-state index in [1.807, 2.05) is 17.0 Å². The third kappa shape index (κ3) is 2.69. The molecular weight excluding hydrogens is 216 g/mol. The monoisotopic (exact) mass is 236 g/mol. The van der Waals surface area contributed by atoms with E-state index in [0.717, 1.165) is 18.7 Å². The number of carbonyl (C=O) groups excluding carboxylic acids is 1. The first-order chi connectivity index (χ1) is 8.22. The molecule has 0 saturated carbocycles. The van der Waals surface area contributed by atoms with Gasteiger partial charge in [-0.2, -0.15) is 0 Å². The molecule has 1 aliphatic heterocycles. The average Bonchev–Trinajstić information content (AvgIpc) is 2.94. The van der Waals surface area contributed by atoms with Gasteiger partial charge in [-0.3, -0.25) is 4.79 Å². The highest BCUT2D eigenvalue weighted by Crippen LogP contribution is 2.24. The molecule has 0 aliphatic carbocycles. The lowest BCUT2D eigenvalue weighted by molar-refractivity contribution is -0.132. The Morgan fingerprint density at radius 3 is 3.12 bits per heavy atom. The number of rotatable bonds is 4. The summed E-state index contributed by atoms with van der Waals surface area (Å²) >= 11 is 0. The standard InChI is InChI=1S/C13H20N2O2/c1-10-6-7-15(12(10)9-14)13(16)5-4-11-3-2-8-17-11/h2-3,8,10,12H,4-7,9,14H2,1H3. The number of aryl methyl sites for hydroxylation is 1. The van der Waals surface area contributed by atoms with E-state index in [1.54, 1.807) is 6.26 Å². The Morgan fingerprint density at radius 2 is 2.47 bits per heavy atom. The van der Waals surface area contributed by atoms with E-state index >= 15 is 0 Å². The van der Waals surface area contributed by atoms with E-state index in [-0.39, 0.29) is 11.9 Å². The van der Waals surface area contributed by atoms with Crippen molar-refractivity contribution in [2.75, 3.05) is 13.1 Å². The lowest BCUT2D eigenvalue weighted by Crippen LogP contribution is -2.42. The van der Waals surface area contributed by atoms with Crippen LogP contribution in [0.1, 0.15) is 25.5 Å². The average molecular weight is 236 g/mol. The summed E-state index contributed by atoms with van der Waals surface area (Å²) in [6.07, 6.45) is 3.89. The maximum atomic E-state index is 12.1. The van der Waals surface area contributed by atoms with E-state index < -0.39 is 0 Å². The van der Waals surface area contributed by atoms with Gasteiger partial charge in [0.2, 0.25) is 5.91 Å². The van der Waals surface area contributed by atoms with Gasteiger partial charge in [-0.25, -0.2) is 0 Å². The summed E-state index contributed by atoms with van der Waals surface area (Å²) in [7, 11) is 0. The number of carbonyl (C=O) groups is 1. The van der Waals surface area contributed by atoms with Crippen molar-refractivity contribution in [2.24, 2.45) is 11.7 Å². The van der Waals surface area contributed by atoms with Crippen LogP contribution < -0.4 is 5.73 Å². The van der Waals surface area contributed by atoms with E-state index in [9.17, 15) is 4.79 Å². The van der Waals surface area contributed by atoms with Crippen LogP contribution in [-0.2, 0) is 11.2 Å². The van der Waals surface area contributed by atoms with Gasteiger partial charge in [0.15, 0.2) is 0 Å². The number of amides is 1. The fraction of sp³-hybridized carbons (Fsp3) is 0.615. The van der Waals surface area contributed by atoms with Crippen molar-refractivity contribution in [3.63, 3.8) is 0 Å². The minimum absolute atomic E-state index is 0.196. The van der Waals surface area contributed by atoms with Gasteiger partial charge in [-0.05, 0) is 24.5 Å². The first-order valence-electron chi connectivity index (χ1n) is 6.24. The van der Waals surface area contributed by atoms with Crippen molar-refractivity contribution in [1.82, 2.24) is 4.90 Å². The highest BCUT2D eigenvalue weighted by Gasteiger charge is 2.32. The van der Waals surface area contributed by atoms with Gasteiger partial charge in [0.1, 0.15) is 5.76 Å². The second-order valence-electron chi connectivity index (χ2n) is 4.74. The highest BCUT2D eigenvalue weighted by atomic mass is 16.3. The van der Waals surface area contributed by atoms with Crippen molar-refractivity contribution < 1.29 is 9.21 Å². The Labute approximate surface area is 102 Å². The number of hydrogen-bond donors (Lipinski definition) is 1. The molecule has 17 heavy (non-hydrogen) atoms. The second-order valence-corrected chi connectivity index (χ2v) is 4.74. The van der Waals surface area contributed by atoms with Crippen molar-refractivity contribution in [1.29, 1.82) is 0 Å². The zero-order valence-electron chi connectivity index (χ0n) is 10.3. The maximum absolute atomic E-state index is 12.1. The van der Waals surface area contributed by atoms with Crippen molar-refractivity contribution >= 4 is 5.91 Å². The number of likely N-dealkylation sites (tertiary alicyclic amines) is 1. The molecule has 1 saturated heterocycles. The lowest BCUT2D eigenvalue weighted by Gasteiger charge is -2.25. The van der Waals surface area contributed by atoms with Crippen LogP contribution in [0.4, 0.5) is 0 Å². The molecule has 2 atom stereocenters. The van der Waals surface area contributed by atoms with Gasteiger partial charge in [0.25, 0.3) is 0 Å². The normalized spacial score (nSPS) is 24.2. The van der Waals surface area contributed by atoms with Crippen LogP contribution in [0, 0.1) is 5.92 Å². The molecule has 94 valence electrons. The molecule has 2 unspecified atom stereocenters. The first-order valence-corrected chi connectivity index (χ1v) is 6.24. The minimum atomic E-state index is 0.196. The summed E-state index contributed by atoms with van der Waals surface area (Å²) in [5, 5.41) is 0. The zero-order chi connectivity index (χ0) is 12.3. The third-order valence-electron chi connectivity index (χ3n) is 3.61. The molecule has 2 heterocycles. The van der Waals surface area contributed by atoms with Crippen LogP contribution in [0.15, 0.2) is 22.8 Å². The van der Waals surface area contributed by atoms with Crippen LogP contribution in [0.5, 0.6) is 0 Å². The van der Waals surface area contributed by atoms with Gasteiger partial charge >= 0.3 is 0 Å². The number of furan rings is 1. The summed E-state index contributed by atoms with van der Waals surface area (Å²) in [4.78, 5) is 14.0. The molecule has 1 amide bonds. The molecule has 0 bridgehead atoms. The van der Waals surface area contributed by atoms with Gasteiger partial charge < -0.3 is 15.1 Å². The summed E-state index contributed by atoms with van der Waals surface area (Å²) in [5.41, 5.74) is 5.73. The molecule has 1 aromatic rings. The summed E-state index contributed by atoms with van der Waals surface area (Å²) in [5.74, 6) is 1.59. The predicted octanol–water partition coefficient (Wildman–Crippen LogP) is 1.41. The molecule has 2 N–H and O–H groups in total. The van der Waals surface area contributed by atoms with E-state index in [1.165, 1.54) is 0 Å². The summed E-state index contributed by atoms with van der Waals surface area (Å²) < 4.78 is 5.23. The molecule has 1 aliphatic rings. The van der Waals surface area contributed by atoms with Crippen LogP contribution in [0.3, 0.4) is 0 Å².